The number of rotatable bonds is 4. The van der Waals surface area contributed by atoms with Gasteiger partial charge in [-0.15, -0.1) is 0 Å². The predicted octanol–water partition coefficient (Wildman–Crippen LogP) is 0.658. The highest BCUT2D eigenvalue weighted by atomic mass is 32.1. The highest BCUT2D eigenvalue weighted by molar-refractivity contribution is 7.07. The SMILES string of the molecule is CC(C(=O)NCc1ccsc1)N1CCNCC1. The van der Waals surface area contributed by atoms with E-state index in [4.69, 9.17) is 0 Å². The van der Waals surface area contributed by atoms with Crippen molar-refractivity contribution in [3.8, 4) is 0 Å². The average molecular weight is 253 g/mol. The van der Waals surface area contributed by atoms with Crippen LogP contribution in [0.5, 0.6) is 0 Å². The Morgan fingerprint density at radius 3 is 3.00 bits per heavy atom. The van der Waals surface area contributed by atoms with Gasteiger partial charge in [0.05, 0.1) is 6.04 Å². The molecule has 1 atom stereocenters. The molecule has 1 aromatic heterocycles. The molecule has 1 fully saturated rings. The summed E-state index contributed by atoms with van der Waals surface area (Å²) in [4.78, 5) is 14.2. The second-order valence-corrected chi connectivity index (χ2v) is 5.09. The van der Waals surface area contributed by atoms with E-state index in [0.29, 0.717) is 6.54 Å². The average Bonchev–Trinajstić information content (AvgIpc) is 2.89. The van der Waals surface area contributed by atoms with E-state index in [0.717, 1.165) is 26.2 Å². The highest BCUT2D eigenvalue weighted by Gasteiger charge is 2.22. The van der Waals surface area contributed by atoms with Crippen LogP contribution in [0.4, 0.5) is 0 Å². The topological polar surface area (TPSA) is 44.4 Å². The fraction of sp³-hybridized carbons (Fsp3) is 0.583. The molecule has 94 valence electrons. The third-order valence-corrected chi connectivity index (χ3v) is 3.86. The maximum Gasteiger partial charge on any atom is 0.237 e. The standard InChI is InChI=1S/C12H19N3OS/c1-10(15-5-3-13-4-6-15)12(16)14-8-11-2-7-17-9-11/h2,7,9-10,13H,3-6,8H2,1H3,(H,14,16). The summed E-state index contributed by atoms with van der Waals surface area (Å²) < 4.78 is 0. The van der Waals surface area contributed by atoms with Crippen LogP contribution in [0.25, 0.3) is 0 Å². The Balaban J connectivity index is 1.78. The van der Waals surface area contributed by atoms with Crippen molar-refractivity contribution < 1.29 is 4.79 Å². The smallest absolute Gasteiger partial charge is 0.237 e. The van der Waals surface area contributed by atoms with Gasteiger partial charge in [0.2, 0.25) is 5.91 Å². The molecule has 0 bridgehead atoms. The summed E-state index contributed by atoms with van der Waals surface area (Å²) in [5.74, 6) is 0.123. The lowest BCUT2D eigenvalue weighted by Gasteiger charge is -2.31. The molecule has 2 heterocycles. The van der Waals surface area contributed by atoms with E-state index in [1.54, 1.807) is 11.3 Å². The van der Waals surface area contributed by atoms with E-state index in [9.17, 15) is 4.79 Å². The molecule has 0 radical (unpaired) electrons. The number of nitrogens with one attached hydrogen (secondary N) is 2. The molecule has 17 heavy (non-hydrogen) atoms. The van der Waals surface area contributed by atoms with Crippen LogP contribution < -0.4 is 10.6 Å². The van der Waals surface area contributed by atoms with Gasteiger partial charge in [0, 0.05) is 32.7 Å². The summed E-state index contributed by atoms with van der Waals surface area (Å²) in [5, 5.41) is 10.4. The van der Waals surface area contributed by atoms with Gasteiger partial charge < -0.3 is 10.6 Å². The normalized spacial score (nSPS) is 18.9. The molecule has 1 unspecified atom stereocenters. The van der Waals surface area contributed by atoms with Gasteiger partial charge in [0.25, 0.3) is 0 Å². The van der Waals surface area contributed by atoms with E-state index in [1.807, 2.05) is 18.4 Å². The van der Waals surface area contributed by atoms with E-state index >= 15 is 0 Å². The number of hydrogen-bond acceptors (Lipinski definition) is 4. The zero-order valence-corrected chi connectivity index (χ0v) is 10.9. The van der Waals surface area contributed by atoms with Crippen molar-refractivity contribution in [3.63, 3.8) is 0 Å². The van der Waals surface area contributed by atoms with Crippen LogP contribution in [0.1, 0.15) is 12.5 Å². The Morgan fingerprint density at radius 1 is 1.59 bits per heavy atom. The molecular weight excluding hydrogens is 234 g/mol. The molecule has 1 saturated heterocycles. The summed E-state index contributed by atoms with van der Waals surface area (Å²) >= 11 is 1.66. The monoisotopic (exact) mass is 253 g/mol. The second kappa shape index (κ2) is 6.14. The quantitative estimate of drug-likeness (QED) is 0.828. The maximum atomic E-state index is 12.0. The van der Waals surface area contributed by atoms with Crippen molar-refractivity contribution in [2.45, 2.75) is 19.5 Å². The molecule has 0 aliphatic carbocycles. The number of carbonyl (C=O) groups is 1. The van der Waals surface area contributed by atoms with Gasteiger partial charge >= 0.3 is 0 Å². The van der Waals surface area contributed by atoms with Gasteiger partial charge in [0.1, 0.15) is 0 Å². The minimum Gasteiger partial charge on any atom is -0.351 e. The van der Waals surface area contributed by atoms with Gasteiger partial charge in [-0.2, -0.15) is 11.3 Å². The molecule has 2 N–H and O–H groups in total. The fourth-order valence-electron chi connectivity index (χ4n) is 1.97. The zero-order chi connectivity index (χ0) is 12.1. The first-order valence-corrected chi connectivity index (χ1v) is 6.95. The Bertz CT molecular complexity index is 347. The number of carbonyl (C=O) groups excluding carboxylic acids is 1. The summed E-state index contributed by atoms with van der Waals surface area (Å²) in [6.45, 7) is 6.47. The van der Waals surface area contributed by atoms with Crippen molar-refractivity contribution in [1.82, 2.24) is 15.5 Å². The van der Waals surface area contributed by atoms with Crippen LogP contribution in [-0.4, -0.2) is 43.0 Å². The van der Waals surface area contributed by atoms with Gasteiger partial charge in [0.15, 0.2) is 0 Å². The molecule has 1 aromatic rings. The van der Waals surface area contributed by atoms with E-state index in [1.165, 1.54) is 5.56 Å². The Hall–Kier alpha value is -0.910. The molecule has 0 aromatic carbocycles. The largest absolute Gasteiger partial charge is 0.351 e. The summed E-state index contributed by atoms with van der Waals surface area (Å²) in [5.41, 5.74) is 1.18. The molecule has 1 amide bonds. The first kappa shape index (κ1) is 12.5. The number of amides is 1. The van der Waals surface area contributed by atoms with Crippen LogP contribution >= 0.6 is 11.3 Å². The van der Waals surface area contributed by atoms with Gasteiger partial charge in [-0.05, 0) is 29.3 Å². The number of thiophene rings is 1. The van der Waals surface area contributed by atoms with Crippen LogP contribution in [0.3, 0.4) is 0 Å². The zero-order valence-electron chi connectivity index (χ0n) is 10.1. The van der Waals surface area contributed by atoms with Crippen LogP contribution in [0, 0.1) is 0 Å². The van der Waals surface area contributed by atoms with E-state index in [2.05, 4.69) is 20.9 Å². The lowest BCUT2D eigenvalue weighted by atomic mass is 10.2. The van der Waals surface area contributed by atoms with E-state index < -0.39 is 0 Å². The first-order chi connectivity index (χ1) is 8.27. The van der Waals surface area contributed by atoms with Gasteiger partial charge in [-0.1, -0.05) is 0 Å². The molecule has 1 aliphatic heterocycles. The molecular formula is C12H19N3OS. The van der Waals surface area contributed by atoms with Gasteiger partial charge in [-0.25, -0.2) is 0 Å². The number of nitrogens with zero attached hydrogens (tertiary/aromatic N) is 1. The van der Waals surface area contributed by atoms with Crippen LogP contribution in [0.2, 0.25) is 0 Å². The van der Waals surface area contributed by atoms with E-state index in [-0.39, 0.29) is 11.9 Å². The molecule has 0 saturated carbocycles. The third-order valence-electron chi connectivity index (χ3n) is 3.13. The first-order valence-electron chi connectivity index (χ1n) is 6.01. The molecule has 1 aliphatic rings. The minimum atomic E-state index is -0.0317. The Kier molecular flexibility index (Phi) is 4.53. The van der Waals surface area contributed by atoms with Crippen LogP contribution in [0.15, 0.2) is 16.8 Å². The molecule has 5 heteroatoms. The molecule has 2 rings (SSSR count). The van der Waals surface area contributed by atoms with Gasteiger partial charge in [-0.3, -0.25) is 9.69 Å². The molecule has 4 nitrogen and oxygen atoms in total. The number of piperazine rings is 1. The van der Waals surface area contributed by atoms with Crippen molar-refractivity contribution >= 4 is 17.2 Å². The highest BCUT2D eigenvalue weighted by Crippen LogP contribution is 2.06. The second-order valence-electron chi connectivity index (χ2n) is 4.31. The predicted molar refractivity (Wildman–Crippen MR) is 70.1 cm³/mol. The maximum absolute atomic E-state index is 12.0. The lowest BCUT2D eigenvalue weighted by molar-refractivity contribution is -0.126. The Morgan fingerprint density at radius 2 is 2.35 bits per heavy atom. The Labute approximate surface area is 106 Å². The minimum absolute atomic E-state index is 0.0317. The van der Waals surface area contributed by atoms with Crippen molar-refractivity contribution in [2.24, 2.45) is 0 Å². The molecule has 0 spiro atoms. The number of hydrogen-bond donors (Lipinski definition) is 2. The third kappa shape index (κ3) is 3.52. The summed E-state index contributed by atoms with van der Waals surface area (Å²) in [6, 6.07) is 2.01. The van der Waals surface area contributed by atoms with Crippen molar-refractivity contribution in [2.75, 3.05) is 26.2 Å². The fourth-order valence-corrected chi connectivity index (χ4v) is 2.63. The van der Waals surface area contributed by atoms with Crippen molar-refractivity contribution in [1.29, 1.82) is 0 Å². The summed E-state index contributed by atoms with van der Waals surface area (Å²) in [6.07, 6.45) is 0. The summed E-state index contributed by atoms with van der Waals surface area (Å²) in [7, 11) is 0. The lowest BCUT2D eigenvalue weighted by Crippen LogP contribution is -2.52. The van der Waals surface area contributed by atoms with Crippen LogP contribution in [-0.2, 0) is 11.3 Å². The van der Waals surface area contributed by atoms with Crippen molar-refractivity contribution in [3.05, 3.63) is 22.4 Å².